The van der Waals surface area contributed by atoms with Gasteiger partial charge in [0.2, 0.25) is 0 Å². The molecule has 0 unspecified atom stereocenters. The molecule has 1 aromatic heterocycles. The quantitative estimate of drug-likeness (QED) is 0.491. The van der Waals surface area contributed by atoms with Crippen molar-refractivity contribution in [2.24, 2.45) is 0 Å². The van der Waals surface area contributed by atoms with Crippen LogP contribution in [0.1, 0.15) is 61.0 Å². The van der Waals surface area contributed by atoms with Gasteiger partial charge in [0.25, 0.3) is 0 Å². The van der Waals surface area contributed by atoms with Gasteiger partial charge in [-0.3, -0.25) is 0 Å². The Hall–Kier alpha value is -2.25. The standard InChI is InChI=1S/C28H34B2O6/c1-25(2)26(3,4)34-29(33-25)17-10-12-22-21(15-17)19-13-14-31-23-16-18(9-11-20(23)24(19)32-22)30-35-27(5,6)28(7,8)36-30/h9-12,15-16H,13-14H2,1-8H3. The molecule has 0 spiro atoms. The van der Waals surface area contributed by atoms with E-state index in [0.717, 1.165) is 51.0 Å². The van der Waals surface area contributed by atoms with Crippen molar-refractivity contribution in [2.75, 3.05) is 6.61 Å². The van der Waals surface area contributed by atoms with E-state index >= 15 is 0 Å². The molecule has 3 aliphatic heterocycles. The number of rotatable bonds is 2. The summed E-state index contributed by atoms with van der Waals surface area (Å²) in [7, 11) is -0.855. The van der Waals surface area contributed by atoms with Gasteiger partial charge in [0.15, 0.2) is 0 Å². The van der Waals surface area contributed by atoms with Gasteiger partial charge >= 0.3 is 14.2 Å². The molecule has 188 valence electrons. The van der Waals surface area contributed by atoms with Crippen molar-refractivity contribution in [3.63, 3.8) is 0 Å². The molecule has 6 nitrogen and oxygen atoms in total. The van der Waals surface area contributed by atoms with Crippen molar-refractivity contribution in [3.05, 3.63) is 42.0 Å². The topological polar surface area (TPSA) is 59.3 Å². The summed E-state index contributed by atoms with van der Waals surface area (Å²) in [4.78, 5) is 0. The fourth-order valence-corrected chi connectivity index (χ4v) is 4.99. The molecule has 0 saturated carbocycles. The van der Waals surface area contributed by atoms with E-state index in [1.54, 1.807) is 0 Å². The molecule has 0 atom stereocenters. The van der Waals surface area contributed by atoms with E-state index in [4.69, 9.17) is 27.8 Å². The van der Waals surface area contributed by atoms with Crippen LogP contribution in [0.5, 0.6) is 5.75 Å². The van der Waals surface area contributed by atoms with Gasteiger partial charge in [-0.25, -0.2) is 0 Å². The SMILES string of the molecule is CC1(C)OB(c2ccc3c(c2)OCCc2c-3oc3ccc(B4OC(C)(C)C(C)(C)O4)cc23)OC1(C)C. The first-order valence-electron chi connectivity index (χ1n) is 12.8. The maximum atomic E-state index is 6.40. The molecule has 6 rings (SSSR count). The van der Waals surface area contributed by atoms with Crippen LogP contribution in [0.3, 0.4) is 0 Å². The zero-order valence-electron chi connectivity index (χ0n) is 22.5. The summed E-state index contributed by atoms with van der Waals surface area (Å²) in [6.45, 7) is 17.1. The van der Waals surface area contributed by atoms with Gasteiger partial charge in [0, 0.05) is 17.4 Å². The van der Waals surface area contributed by atoms with Crippen LogP contribution in [0, 0.1) is 0 Å². The average Bonchev–Trinajstić information content (AvgIpc) is 3.27. The van der Waals surface area contributed by atoms with E-state index in [2.05, 4.69) is 67.5 Å². The number of ether oxygens (including phenoxy) is 1. The highest BCUT2D eigenvalue weighted by Gasteiger charge is 2.53. The fourth-order valence-electron chi connectivity index (χ4n) is 4.99. The van der Waals surface area contributed by atoms with Crippen molar-refractivity contribution >= 4 is 36.1 Å². The molecule has 36 heavy (non-hydrogen) atoms. The normalized spacial score (nSPS) is 23.3. The second-order valence-corrected chi connectivity index (χ2v) is 12.2. The van der Waals surface area contributed by atoms with Gasteiger partial charge in [-0.1, -0.05) is 18.2 Å². The molecular weight excluding hydrogens is 454 g/mol. The first kappa shape index (κ1) is 24.1. The Kier molecular flexibility index (Phi) is 5.11. The molecule has 0 aliphatic carbocycles. The van der Waals surface area contributed by atoms with Crippen molar-refractivity contribution in [1.82, 2.24) is 0 Å². The third-order valence-electron chi connectivity index (χ3n) is 8.73. The van der Waals surface area contributed by atoms with Crippen LogP contribution in [0.4, 0.5) is 0 Å². The maximum absolute atomic E-state index is 6.40. The molecule has 2 saturated heterocycles. The highest BCUT2D eigenvalue weighted by atomic mass is 16.7. The molecule has 0 radical (unpaired) electrons. The summed E-state index contributed by atoms with van der Waals surface area (Å²) in [6, 6.07) is 12.3. The van der Waals surface area contributed by atoms with E-state index in [-0.39, 0.29) is 11.2 Å². The van der Waals surface area contributed by atoms with Gasteiger partial charge in [-0.2, -0.15) is 0 Å². The summed E-state index contributed by atoms with van der Waals surface area (Å²) in [5, 5.41) is 1.07. The van der Waals surface area contributed by atoms with Crippen LogP contribution in [-0.2, 0) is 25.0 Å². The van der Waals surface area contributed by atoms with E-state index in [9.17, 15) is 0 Å². The minimum absolute atomic E-state index is 0.387. The molecule has 2 fully saturated rings. The first-order valence-corrected chi connectivity index (χ1v) is 12.8. The molecule has 2 aromatic carbocycles. The van der Waals surface area contributed by atoms with Gasteiger partial charge < -0.3 is 27.8 Å². The fraction of sp³-hybridized carbons (Fsp3) is 0.500. The van der Waals surface area contributed by atoms with E-state index < -0.39 is 25.4 Å². The maximum Gasteiger partial charge on any atom is 0.494 e. The smallest absolute Gasteiger partial charge is 0.492 e. The molecule has 8 heteroatoms. The van der Waals surface area contributed by atoms with E-state index in [0.29, 0.717) is 6.61 Å². The predicted molar refractivity (Wildman–Crippen MR) is 142 cm³/mol. The van der Waals surface area contributed by atoms with Crippen molar-refractivity contribution in [2.45, 2.75) is 84.2 Å². The molecule has 0 bridgehead atoms. The molecule has 4 heterocycles. The third kappa shape index (κ3) is 3.57. The minimum atomic E-state index is -0.440. The Labute approximate surface area is 213 Å². The van der Waals surface area contributed by atoms with Crippen LogP contribution < -0.4 is 15.7 Å². The van der Waals surface area contributed by atoms with Crippen LogP contribution in [0.25, 0.3) is 22.3 Å². The Morgan fingerprint density at radius 1 is 0.667 bits per heavy atom. The third-order valence-corrected chi connectivity index (χ3v) is 8.73. The number of hydrogen-bond donors (Lipinski definition) is 0. The zero-order chi connectivity index (χ0) is 25.7. The van der Waals surface area contributed by atoms with Crippen LogP contribution >= 0.6 is 0 Å². The van der Waals surface area contributed by atoms with Gasteiger partial charge in [0.1, 0.15) is 17.1 Å². The molecule has 3 aliphatic rings. The highest BCUT2D eigenvalue weighted by Crippen LogP contribution is 2.42. The van der Waals surface area contributed by atoms with Crippen LogP contribution in [0.15, 0.2) is 40.8 Å². The number of hydrogen-bond acceptors (Lipinski definition) is 6. The largest absolute Gasteiger partial charge is 0.494 e. The first-order chi connectivity index (χ1) is 16.8. The summed E-state index contributed by atoms with van der Waals surface area (Å²) in [5.74, 6) is 1.63. The van der Waals surface area contributed by atoms with Gasteiger partial charge in [-0.05, 0) is 84.5 Å². The van der Waals surface area contributed by atoms with Gasteiger partial charge in [0.05, 0.1) is 34.6 Å². The summed E-state index contributed by atoms with van der Waals surface area (Å²) < 4.78 is 37.7. The molecule has 0 amide bonds. The number of fused-ring (bicyclic) bond motifs is 5. The molecule has 0 N–H and O–H groups in total. The minimum Gasteiger partial charge on any atom is -0.492 e. The van der Waals surface area contributed by atoms with Crippen LogP contribution in [0.2, 0.25) is 0 Å². The number of benzene rings is 2. The Bertz CT molecular complexity index is 1320. The van der Waals surface area contributed by atoms with Crippen molar-refractivity contribution in [3.8, 4) is 17.1 Å². The van der Waals surface area contributed by atoms with Gasteiger partial charge in [-0.15, -0.1) is 0 Å². The zero-order valence-corrected chi connectivity index (χ0v) is 22.5. The van der Waals surface area contributed by atoms with Crippen molar-refractivity contribution in [1.29, 1.82) is 0 Å². The van der Waals surface area contributed by atoms with Crippen LogP contribution in [-0.4, -0.2) is 43.2 Å². The summed E-state index contributed by atoms with van der Waals surface area (Å²) in [6.07, 6.45) is 0.746. The lowest BCUT2D eigenvalue weighted by Gasteiger charge is -2.32. The monoisotopic (exact) mass is 488 g/mol. The second kappa shape index (κ2) is 7.64. The van der Waals surface area contributed by atoms with E-state index in [1.807, 2.05) is 24.3 Å². The predicted octanol–water partition coefficient (Wildman–Crippen LogP) is 4.63. The molecule has 3 aromatic rings. The average molecular weight is 488 g/mol. The lowest BCUT2D eigenvalue weighted by molar-refractivity contribution is 0.00578. The Morgan fingerprint density at radius 2 is 1.19 bits per heavy atom. The lowest BCUT2D eigenvalue weighted by atomic mass is 9.78. The van der Waals surface area contributed by atoms with Crippen molar-refractivity contribution < 1.29 is 27.8 Å². The Morgan fingerprint density at radius 3 is 1.78 bits per heavy atom. The Balaban J connectivity index is 1.36. The lowest BCUT2D eigenvalue weighted by Crippen LogP contribution is -2.41. The highest BCUT2D eigenvalue weighted by molar-refractivity contribution is 6.62. The molecular formula is C28H34B2O6. The summed E-state index contributed by atoms with van der Waals surface area (Å²) >= 11 is 0. The number of furan rings is 1. The summed E-state index contributed by atoms with van der Waals surface area (Å²) in [5.41, 5.74) is 3.30. The van der Waals surface area contributed by atoms with E-state index in [1.165, 1.54) is 0 Å². The second-order valence-electron chi connectivity index (χ2n) is 12.2.